The van der Waals surface area contributed by atoms with Crippen molar-refractivity contribution in [3.8, 4) is 23.0 Å². The third-order valence-corrected chi connectivity index (χ3v) is 2.44. The van der Waals surface area contributed by atoms with Gasteiger partial charge in [0.05, 0.1) is 0 Å². The van der Waals surface area contributed by atoms with Crippen molar-refractivity contribution in [2.45, 2.75) is 6.42 Å². The number of aromatic nitrogens is 2. The molecule has 3 rings (SSSR count). The van der Waals surface area contributed by atoms with Gasteiger partial charge in [-0.3, -0.25) is 0 Å². The number of hydrogen-bond donors (Lipinski definition) is 1. The van der Waals surface area contributed by atoms with Crippen LogP contribution in [0, 0.1) is 0 Å². The smallest absolute Gasteiger partial charge is 0.247 e. The molecular weight excluding hydrogens is 222 g/mol. The van der Waals surface area contributed by atoms with E-state index in [2.05, 4.69) is 10.2 Å². The highest BCUT2D eigenvalue weighted by Gasteiger charge is 2.16. The van der Waals surface area contributed by atoms with Crippen LogP contribution >= 0.6 is 0 Å². The Kier molecular flexibility index (Phi) is 2.41. The second-order valence-electron chi connectivity index (χ2n) is 3.61. The molecule has 6 heteroatoms. The van der Waals surface area contributed by atoms with Crippen molar-refractivity contribution >= 4 is 0 Å². The molecule has 0 unspecified atom stereocenters. The van der Waals surface area contributed by atoms with Crippen molar-refractivity contribution < 1.29 is 13.9 Å². The topological polar surface area (TPSA) is 83.4 Å². The summed E-state index contributed by atoms with van der Waals surface area (Å²) in [6, 6.07) is 5.50. The van der Waals surface area contributed by atoms with Crippen molar-refractivity contribution in [2.24, 2.45) is 5.73 Å². The van der Waals surface area contributed by atoms with Crippen molar-refractivity contribution in [1.29, 1.82) is 0 Å². The van der Waals surface area contributed by atoms with Crippen LogP contribution in [-0.2, 0) is 6.42 Å². The molecule has 0 saturated carbocycles. The number of fused-ring (bicyclic) bond motifs is 1. The van der Waals surface area contributed by atoms with E-state index in [4.69, 9.17) is 19.6 Å². The molecule has 2 heterocycles. The number of ether oxygens (including phenoxy) is 2. The molecule has 0 fully saturated rings. The Morgan fingerprint density at radius 2 is 2.06 bits per heavy atom. The fourth-order valence-electron chi connectivity index (χ4n) is 1.62. The molecule has 17 heavy (non-hydrogen) atoms. The van der Waals surface area contributed by atoms with E-state index in [1.807, 2.05) is 18.2 Å². The van der Waals surface area contributed by atoms with Crippen LogP contribution in [0.15, 0.2) is 22.6 Å². The SMILES string of the molecule is NCCc1nnc(-c2ccc3c(c2)OCO3)o1. The maximum atomic E-state index is 5.47. The molecule has 2 N–H and O–H groups in total. The van der Waals surface area contributed by atoms with Gasteiger partial charge in [0.2, 0.25) is 18.6 Å². The van der Waals surface area contributed by atoms with Gasteiger partial charge in [0.25, 0.3) is 0 Å². The quantitative estimate of drug-likeness (QED) is 0.850. The molecule has 6 nitrogen and oxygen atoms in total. The minimum Gasteiger partial charge on any atom is -0.454 e. The first-order valence-corrected chi connectivity index (χ1v) is 5.29. The van der Waals surface area contributed by atoms with Crippen LogP contribution in [0.4, 0.5) is 0 Å². The van der Waals surface area contributed by atoms with Crippen LogP contribution in [0.1, 0.15) is 5.89 Å². The van der Waals surface area contributed by atoms with Crippen LogP contribution in [0.3, 0.4) is 0 Å². The van der Waals surface area contributed by atoms with Crippen LogP contribution in [-0.4, -0.2) is 23.5 Å². The Labute approximate surface area is 97.3 Å². The standard InChI is InChI=1S/C11H11N3O3/c12-4-3-10-13-14-11(17-10)7-1-2-8-9(5-7)16-6-15-8/h1-2,5H,3-4,6,12H2. The lowest BCUT2D eigenvalue weighted by atomic mass is 10.2. The summed E-state index contributed by atoms with van der Waals surface area (Å²) in [7, 11) is 0. The van der Waals surface area contributed by atoms with Gasteiger partial charge < -0.3 is 19.6 Å². The fraction of sp³-hybridized carbons (Fsp3) is 0.273. The summed E-state index contributed by atoms with van der Waals surface area (Å²) < 4.78 is 16.0. The van der Waals surface area contributed by atoms with Crippen LogP contribution < -0.4 is 15.2 Å². The highest BCUT2D eigenvalue weighted by atomic mass is 16.7. The molecule has 1 aliphatic heterocycles. The van der Waals surface area contributed by atoms with Crippen LogP contribution in [0.2, 0.25) is 0 Å². The van der Waals surface area contributed by atoms with Crippen molar-refractivity contribution in [3.05, 3.63) is 24.1 Å². The molecule has 0 radical (unpaired) electrons. The Hall–Kier alpha value is -2.08. The van der Waals surface area contributed by atoms with Gasteiger partial charge in [0.1, 0.15) is 0 Å². The fourth-order valence-corrected chi connectivity index (χ4v) is 1.62. The monoisotopic (exact) mass is 233 g/mol. The Bertz CT molecular complexity index is 539. The summed E-state index contributed by atoms with van der Waals surface area (Å²) in [5, 5.41) is 7.87. The zero-order valence-corrected chi connectivity index (χ0v) is 9.05. The average Bonchev–Trinajstić information content (AvgIpc) is 2.96. The third kappa shape index (κ3) is 1.83. The van der Waals surface area contributed by atoms with E-state index < -0.39 is 0 Å². The molecule has 0 saturated heterocycles. The average molecular weight is 233 g/mol. The largest absolute Gasteiger partial charge is 0.454 e. The molecule has 0 amide bonds. The zero-order chi connectivity index (χ0) is 11.7. The van der Waals surface area contributed by atoms with Gasteiger partial charge in [-0.1, -0.05) is 0 Å². The maximum absolute atomic E-state index is 5.47. The van der Waals surface area contributed by atoms with Gasteiger partial charge in [-0.05, 0) is 18.2 Å². The normalized spacial score (nSPS) is 13.0. The predicted molar refractivity (Wildman–Crippen MR) is 58.6 cm³/mol. The lowest BCUT2D eigenvalue weighted by Crippen LogP contribution is -2.02. The van der Waals surface area contributed by atoms with E-state index in [1.54, 1.807) is 0 Å². The van der Waals surface area contributed by atoms with E-state index in [1.165, 1.54) is 0 Å². The lowest BCUT2D eigenvalue weighted by Gasteiger charge is -1.97. The van der Waals surface area contributed by atoms with Gasteiger partial charge in [-0.25, -0.2) is 0 Å². The molecule has 0 aliphatic carbocycles. The van der Waals surface area contributed by atoms with E-state index >= 15 is 0 Å². The Balaban J connectivity index is 1.92. The van der Waals surface area contributed by atoms with Crippen molar-refractivity contribution in [1.82, 2.24) is 10.2 Å². The molecule has 88 valence electrons. The number of rotatable bonds is 3. The van der Waals surface area contributed by atoms with Gasteiger partial charge in [-0.2, -0.15) is 0 Å². The molecule has 1 aromatic carbocycles. The van der Waals surface area contributed by atoms with E-state index in [0.717, 1.165) is 11.3 Å². The van der Waals surface area contributed by atoms with Gasteiger partial charge in [-0.15, -0.1) is 10.2 Å². The van der Waals surface area contributed by atoms with Crippen LogP contribution in [0.25, 0.3) is 11.5 Å². The highest BCUT2D eigenvalue weighted by Crippen LogP contribution is 2.35. The zero-order valence-electron chi connectivity index (χ0n) is 9.05. The molecular formula is C11H11N3O3. The number of hydrogen-bond acceptors (Lipinski definition) is 6. The minimum absolute atomic E-state index is 0.251. The van der Waals surface area contributed by atoms with Gasteiger partial charge >= 0.3 is 0 Å². The maximum Gasteiger partial charge on any atom is 0.247 e. The van der Waals surface area contributed by atoms with E-state index in [0.29, 0.717) is 30.5 Å². The summed E-state index contributed by atoms with van der Waals surface area (Å²) in [5.74, 6) is 2.43. The second kappa shape index (κ2) is 4.06. The summed E-state index contributed by atoms with van der Waals surface area (Å²) in [6.45, 7) is 0.740. The van der Waals surface area contributed by atoms with E-state index in [-0.39, 0.29) is 6.79 Å². The summed E-state index contributed by atoms with van der Waals surface area (Å²) in [4.78, 5) is 0. The first-order valence-electron chi connectivity index (χ1n) is 5.29. The molecule has 2 aromatic rings. The summed E-state index contributed by atoms with van der Waals surface area (Å²) >= 11 is 0. The predicted octanol–water partition coefficient (Wildman–Crippen LogP) is 0.966. The Morgan fingerprint density at radius 3 is 2.94 bits per heavy atom. The Morgan fingerprint density at radius 1 is 1.18 bits per heavy atom. The first-order chi connectivity index (χ1) is 8.36. The lowest BCUT2D eigenvalue weighted by molar-refractivity contribution is 0.174. The molecule has 0 bridgehead atoms. The minimum atomic E-state index is 0.251. The third-order valence-electron chi connectivity index (χ3n) is 2.44. The number of benzene rings is 1. The van der Waals surface area contributed by atoms with Crippen molar-refractivity contribution in [2.75, 3.05) is 13.3 Å². The van der Waals surface area contributed by atoms with Gasteiger partial charge in [0, 0.05) is 18.5 Å². The molecule has 1 aliphatic rings. The molecule has 0 atom stereocenters. The number of nitrogens with two attached hydrogens (primary N) is 1. The van der Waals surface area contributed by atoms with Crippen molar-refractivity contribution in [3.63, 3.8) is 0 Å². The van der Waals surface area contributed by atoms with Crippen LogP contribution in [0.5, 0.6) is 11.5 Å². The molecule has 0 spiro atoms. The first kappa shape index (κ1) is 10.1. The summed E-state index contributed by atoms with van der Waals surface area (Å²) in [5.41, 5.74) is 6.23. The molecule has 1 aromatic heterocycles. The van der Waals surface area contributed by atoms with E-state index in [9.17, 15) is 0 Å². The highest BCUT2D eigenvalue weighted by molar-refractivity contribution is 5.60. The number of nitrogens with zero attached hydrogens (tertiary/aromatic N) is 2. The summed E-state index contributed by atoms with van der Waals surface area (Å²) in [6.07, 6.45) is 0.581. The second-order valence-corrected chi connectivity index (χ2v) is 3.61. The van der Waals surface area contributed by atoms with Gasteiger partial charge in [0.15, 0.2) is 11.5 Å².